The molecule has 0 aliphatic carbocycles. The number of hydrogen-bond donors (Lipinski definition) is 3. The third-order valence-corrected chi connectivity index (χ3v) is 6.57. The molecule has 1 aromatic carbocycles. The van der Waals surface area contributed by atoms with Crippen molar-refractivity contribution in [2.24, 2.45) is 0 Å². The molecule has 0 saturated carbocycles. The molecule has 3 N–H and O–H groups in total. The molecule has 4 heterocycles. The van der Waals surface area contributed by atoms with Crippen LogP contribution in [0.1, 0.15) is 12.5 Å². The van der Waals surface area contributed by atoms with Crippen LogP contribution >= 0.6 is 0 Å². The first-order valence-corrected chi connectivity index (χ1v) is 11.7. The number of nitrogens with one attached hydrogen (secondary N) is 3. The van der Waals surface area contributed by atoms with Gasteiger partial charge in [0.15, 0.2) is 11.6 Å². The summed E-state index contributed by atoms with van der Waals surface area (Å²) in [5, 5.41) is 17.0. The zero-order valence-corrected chi connectivity index (χ0v) is 19.8. The Kier molecular flexibility index (Phi) is 6.43. The number of anilines is 2. The lowest BCUT2D eigenvalue weighted by atomic mass is 10.1. The summed E-state index contributed by atoms with van der Waals surface area (Å²) in [6.07, 6.45) is 5.91. The van der Waals surface area contributed by atoms with Crippen LogP contribution in [0.15, 0.2) is 55.0 Å². The third-order valence-electron chi connectivity index (χ3n) is 6.57. The molecule has 5 rings (SSSR count). The number of fused-ring (bicyclic) bond motifs is 1. The van der Waals surface area contributed by atoms with Crippen LogP contribution in [0.3, 0.4) is 0 Å². The predicted molar refractivity (Wildman–Crippen MR) is 138 cm³/mol. The maximum absolute atomic E-state index is 14.4. The van der Waals surface area contributed by atoms with Crippen molar-refractivity contribution in [3.8, 4) is 11.1 Å². The molecule has 0 radical (unpaired) electrons. The van der Waals surface area contributed by atoms with Crippen LogP contribution in [0.25, 0.3) is 22.2 Å². The molecule has 4 aromatic rings. The van der Waals surface area contributed by atoms with E-state index in [0.717, 1.165) is 67.0 Å². The van der Waals surface area contributed by atoms with Crippen molar-refractivity contribution < 1.29 is 8.78 Å². The van der Waals surface area contributed by atoms with Crippen LogP contribution in [-0.2, 0) is 0 Å². The van der Waals surface area contributed by atoms with Crippen LogP contribution in [0.2, 0.25) is 0 Å². The molecule has 3 aromatic heterocycles. The van der Waals surface area contributed by atoms with Crippen LogP contribution in [0, 0.1) is 22.5 Å². The highest BCUT2D eigenvalue weighted by Crippen LogP contribution is 2.28. The minimum Gasteiger partial charge on any atom is -0.354 e. The van der Waals surface area contributed by atoms with Crippen molar-refractivity contribution in [1.29, 1.82) is 10.8 Å². The lowest BCUT2D eigenvalue weighted by molar-refractivity contribution is 0.270. The fourth-order valence-electron chi connectivity index (χ4n) is 4.46. The first-order valence-electron chi connectivity index (χ1n) is 11.7. The summed E-state index contributed by atoms with van der Waals surface area (Å²) in [6.45, 7) is 7.16. The number of H-pyrrole nitrogens is 1. The number of halogens is 2. The van der Waals surface area contributed by atoms with E-state index in [-0.39, 0.29) is 11.5 Å². The van der Waals surface area contributed by atoms with Gasteiger partial charge in [0.25, 0.3) is 0 Å². The second-order valence-electron chi connectivity index (χ2n) is 8.57. The molecular weight excluding hydrogens is 462 g/mol. The number of aromatic nitrogens is 3. The Morgan fingerprint density at radius 1 is 1.08 bits per heavy atom. The fourth-order valence-corrected chi connectivity index (χ4v) is 4.46. The van der Waals surface area contributed by atoms with Crippen molar-refractivity contribution in [2.45, 2.75) is 6.92 Å². The topological polar surface area (TPSA) is 99.0 Å². The monoisotopic (exact) mass is 488 g/mol. The van der Waals surface area contributed by atoms with Gasteiger partial charge in [0, 0.05) is 66.8 Å². The van der Waals surface area contributed by atoms with Gasteiger partial charge in [-0.25, -0.2) is 18.7 Å². The van der Waals surface area contributed by atoms with E-state index in [0.29, 0.717) is 16.6 Å². The Bertz CT molecular complexity index is 1410. The lowest BCUT2D eigenvalue weighted by Gasteiger charge is -2.34. The minimum atomic E-state index is -1.12. The molecule has 8 nitrogen and oxygen atoms in total. The van der Waals surface area contributed by atoms with Gasteiger partial charge in [-0.05, 0) is 36.9 Å². The van der Waals surface area contributed by atoms with Crippen molar-refractivity contribution in [3.05, 3.63) is 72.2 Å². The first kappa shape index (κ1) is 23.6. The number of aromatic amines is 1. The van der Waals surface area contributed by atoms with E-state index in [2.05, 4.69) is 31.7 Å². The zero-order valence-electron chi connectivity index (χ0n) is 19.8. The number of benzene rings is 1. The Labute approximate surface area is 207 Å². The van der Waals surface area contributed by atoms with Gasteiger partial charge in [-0.1, -0.05) is 13.0 Å². The summed E-state index contributed by atoms with van der Waals surface area (Å²) in [5.74, 6) is -1.41. The normalized spacial score (nSPS) is 14.2. The Balaban J connectivity index is 1.43. The molecule has 0 bridgehead atoms. The summed E-state index contributed by atoms with van der Waals surface area (Å²) >= 11 is 0. The molecule has 0 atom stereocenters. The maximum atomic E-state index is 14.4. The Morgan fingerprint density at radius 2 is 1.86 bits per heavy atom. The predicted octanol–water partition coefficient (Wildman–Crippen LogP) is 4.48. The van der Waals surface area contributed by atoms with Gasteiger partial charge >= 0.3 is 0 Å². The average Bonchev–Trinajstić information content (AvgIpc) is 3.35. The van der Waals surface area contributed by atoms with Crippen LogP contribution in [0.5, 0.6) is 0 Å². The highest BCUT2D eigenvalue weighted by atomic mass is 19.2. The van der Waals surface area contributed by atoms with Crippen molar-refractivity contribution in [1.82, 2.24) is 19.9 Å². The van der Waals surface area contributed by atoms with Gasteiger partial charge < -0.3 is 14.8 Å². The van der Waals surface area contributed by atoms with E-state index in [4.69, 9.17) is 10.8 Å². The Hall–Kier alpha value is -4.18. The SMILES string of the molecule is CCN1CCN(c2ccc(-c3cnc4[nH]cc(C(=N)N(C=N)c5cccc(F)c5F)c4c3)cn2)CC1. The quantitative estimate of drug-likeness (QED) is 0.275. The summed E-state index contributed by atoms with van der Waals surface area (Å²) in [5.41, 5.74) is 2.42. The Morgan fingerprint density at radius 3 is 2.56 bits per heavy atom. The van der Waals surface area contributed by atoms with E-state index in [9.17, 15) is 8.78 Å². The molecule has 1 aliphatic heterocycles. The van der Waals surface area contributed by atoms with E-state index < -0.39 is 11.6 Å². The number of nitrogens with zero attached hydrogens (tertiary/aromatic N) is 5. The highest BCUT2D eigenvalue weighted by molar-refractivity contribution is 6.22. The molecule has 0 amide bonds. The number of rotatable bonds is 6. The maximum Gasteiger partial charge on any atom is 0.182 e. The lowest BCUT2D eigenvalue weighted by Crippen LogP contribution is -2.46. The van der Waals surface area contributed by atoms with E-state index in [1.807, 2.05) is 24.4 Å². The standard InChI is InChI=1S/C26H26F2N8/c1-2-34-8-10-35(11-9-34)23-7-6-17(13-31-23)18-12-19-20(15-33-26(19)32-14-18)25(30)36(16-29)22-5-3-4-21(27)24(22)28/h3-7,12-16,29-30H,2,8-11H2,1H3,(H,32,33). The van der Waals surface area contributed by atoms with Gasteiger partial charge in [-0.2, -0.15) is 0 Å². The molecule has 10 heteroatoms. The van der Waals surface area contributed by atoms with Gasteiger partial charge in [0.05, 0.1) is 12.0 Å². The van der Waals surface area contributed by atoms with Gasteiger partial charge in [-0.15, -0.1) is 0 Å². The summed E-state index contributed by atoms with van der Waals surface area (Å²) in [7, 11) is 0. The zero-order chi connectivity index (χ0) is 25.2. The molecule has 184 valence electrons. The minimum absolute atomic E-state index is 0.181. The first-order chi connectivity index (χ1) is 17.5. The molecule has 0 spiro atoms. The molecule has 0 unspecified atom stereocenters. The third kappa shape index (κ3) is 4.31. The number of amidine groups is 1. The van der Waals surface area contributed by atoms with Crippen LogP contribution in [-0.4, -0.2) is 64.7 Å². The number of hydrogen-bond acceptors (Lipinski definition) is 6. The average molecular weight is 489 g/mol. The van der Waals surface area contributed by atoms with Gasteiger partial charge in [0.2, 0.25) is 0 Å². The van der Waals surface area contributed by atoms with Crippen molar-refractivity contribution >= 4 is 34.7 Å². The largest absolute Gasteiger partial charge is 0.354 e. The molecule has 1 aliphatic rings. The number of pyridine rings is 2. The fraction of sp³-hybridized carbons (Fsp3) is 0.231. The summed E-state index contributed by atoms with van der Waals surface area (Å²) < 4.78 is 28.2. The summed E-state index contributed by atoms with van der Waals surface area (Å²) in [4.78, 5) is 17.8. The second kappa shape index (κ2) is 9.82. The van der Waals surface area contributed by atoms with E-state index >= 15 is 0 Å². The second-order valence-corrected chi connectivity index (χ2v) is 8.57. The molecule has 1 fully saturated rings. The van der Waals surface area contributed by atoms with E-state index in [1.165, 1.54) is 12.1 Å². The molecular formula is C26H26F2N8. The molecule has 36 heavy (non-hydrogen) atoms. The highest BCUT2D eigenvalue weighted by Gasteiger charge is 2.21. The van der Waals surface area contributed by atoms with Gasteiger partial charge in [-0.3, -0.25) is 15.7 Å². The van der Waals surface area contributed by atoms with Crippen LogP contribution in [0.4, 0.5) is 20.3 Å². The number of piperazine rings is 1. The van der Waals surface area contributed by atoms with Crippen LogP contribution < -0.4 is 9.80 Å². The number of likely N-dealkylation sites (N-methyl/N-ethyl adjacent to an activating group) is 1. The smallest absolute Gasteiger partial charge is 0.182 e. The van der Waals surface area contributed by atoms with E-state index in [1.54, 1.807) is 12.4 Å². The molecule has 1 saturated heterocycles. The van der Waals surface area contributed by atoms with Crippen molar-refractivity contribution in [3.63, 3.8) is 0 Å². The van der Waals surface area contributed by atoms with Crippen molar-refractivity contribution in [2.75, 3.05) is 42.5 Å². The summed E-state index contributed by atoms with van der Waals surface area (Å²) in [6, 6.07) is 9.55. The van der Waals surface area contributed by atoms with Gasteiger partial charge in [0.1, 0.15) is 17.3 Å².